The molecule has 0 aliphatic heterocycles. The summed E-state index contributed by atoms with van der Waals surface area (Å²) in [6, 6.07) is 13.3. The van der Waals surface area contributed by atoms with Crippen LogP contribution in [0.15, 0.2) is 48.5 Å². The van der Waals surface area contributed by atoms with Crippen LogP contribution >= 0.6 is 0 Å². The first kappa shape index (κ1) is 26.2. The maximum Gasteiger partial charge on any atom is 0.407 e. The third kappa shape index (κ3) is 6.82. The highest BCUT2D eigenvalue weighted by Gasteiger charge is 2.31. The molecule has 1 aliphatic rings. The molecule has 0 saturated heterocycles. The lowest BCUT2D eigenvalue weighted by Crippen LogP contribution is -2.52. The second-order valence-corrected chi connectivity index (χ2v) is 10.9. The van der Waals surface area contributed by atoms with Crippen LogP contribution in [-0.4, -0.2) is 62.2 Å². The number of sulfone groups is 1. The van der Waals surface area contributed by atoms with Crippen LogP contribution in [0.4, 0.5) is 4.79 Å². The smallest absolute Gasteiger partial charge is 0.407 e. The number of nitrogens with one attached hydrogen (secondary N) is 2. The molecule has 2 aromatic carbocycles. The summed E-state index contributed by atoms with van der Waals surface area (Å²) in [6.07, 6.45) is 0.637. The fourth-order valence-electron chi connectivity index (χ4n) is 4.20. The van der Waals surface area contributed by atoms with Gasteiger partial charge in [0, 0.05) is 12.2 Å². The first-order chi connectivity index (χ1) is 16.6. The van der Waals surface area contributed by atoms with Gasteiger partial charge in [0.25, 0.3) is 0 Å². The zero-order valence-electron chi connectivity index (χ0n) is 19.7. The molecule has 2 atom stereocenters. The summed E-state index contributed by atoms with van der Waals surface area (Å²) >= 11 is 0. The lowest BCUT2D eigenvalue weighted by Gasteiger charge is -2.21. The first-order valence-electron chi connectivity index (χ1n) is 11.4. The van der Waals surface area contributed by atoms with E-state index in [1.54, 1.807) is 6.92 Å². The van der Waals surface area contributed by atoms with Crippen LogP contribution in [0.1, 0.15) is 43.2 Å². The molecule has 3 rings (SSSR count). The molecular formula is C25H30N2O7S. The Labute approximate surface area is 204 Å². The van der Waals surface area contributed by atoms with Crippen molar-refractivity contribution in [1.82, 2.24) is 10.6 Å². The molecule has 9 nitrogen and oxygen atoms in total. The van der Waals surface area contributed by atoms with Crippen molar-refractivity contribution in [3.63, 3.8) is 0 Å². The zero-order valence-corrected chi connectivity index (χ0v) is 20.5. The van der Waals surface area contributed by atoms with Gasteiger partial charge in [0.05, 0.1) is 5.75 Å². The van der Waals surface area contributed by atoms with Gasteiger partial charge in [-0.25, -0.2) is 18.0 Å². The Morgan fingerprint density at radius 2 is 1.51 bits per heavy atom. The van der Waals surface area contributed by atoms with E-state index in [0.717, 1.165) is 28.5 Å². The topological polar surface area (TPSA) is 139 Å². The fourth-order valence-corrected chi connectivity index (χ4v) is 4.87. The van der Waals surface area contributed by atoms with Gasteiger partial charge in [0.2, 0.25) is 5.91 Å². The SMILES string of the molecule is CCC[C@@H](NC(=O)C(CCS(C)(=O)=O)NC(=O)OCC1c2ccccc2-c2ccccc21)C(=O)O. The molecule has 2 amide bonds. The van der Waals surface area contributed by atoms with Gasteiger partial charge >= 0.3 is 12.1 Å². The Hall–Kier alpha value is -3.40. The van der Waals surface area contributed by atoms with Crippen molar-refractivity contribution in [2.45, 2.75) is 44.2 Å². The molecule has 2 aromatic rings. The molecule has 1 unspecified atom stereocenters. The van der Waals surface area contributed by atoms with Gasteiger partial charge in [-0.2, -0.15) is 0 Å². The number of alkyl carbamates (subject to hydrolysis) is 1. The molecule has 3 N–H and O–H groups in total. The van der Waals surface area contributed by atoms with Crippen LogP contribution in [0.5, 0.6) is 0 Å². The zero-order chi connectivity index (χ0) is 25.6. The average molecular weight is 503 g/mol. The van der Waals surface area contributed by atoms with E-state index in [4.69, 9.17) is 4.74 Å². The Kier molecular flexibility index (Phi) is 8.50. The van der Waals surface area contributed by atoms with Crippen LogP contribution in [0.25, 0.3) is 11.1 Å². The van der Waals surface area contributed by atoms with Gasteiger partial charge in [0.1, 0.15) is 28.5 Å². The highest BCUT2D eigenvalue weighted by atomic mass is 32.2. The number of benzene rings is 2. The average Bonchev–Trinajstić information content (AvgIpc) is 3.13. The lowest BCUT2D eigenvalue weighted by molar-refractivity contribution is -0.142. The number of amides is 2. The van der Waals surface area contributed by atoms with Crippen LogP contribution in [-0.2, 0) is 24.2 Å². The number of fused-ring (bicyclic) bond motifs is 3. The van der Waals surface area contributed by atoms with Crippen LogP contribution in [0, 0.1) is 0 Å². The number of carbonyl (C=O) groups excluding carboxylic acids is 2. The molecule has 0 radical (unpaired) electrons. The number of rotatable bonds is 11. The Balaban J connectivity index is 1.69. The minimum atomic E-state index is -3.42. The number of hydrogen-bond donors (Lipinski definition) is 3. The quantitative estimate of drug-likeness (QED) is 0.429. The lowest BCUT2D eigenvalue weighted by atomic mass is 9.98. The van der Waals surface area contributed by atoms with Crippen LogP contribution in [0.3, 0.4) is 0 Å². The van der Waals surface area contributed by atoms with E-state index < -0.39 is 39.9 Å². The summed E-state index contributed by atoms with van der Waals surface area (Å²) in [4.78, 5) is 36.8. The number of aliphatic carboxylic acids is 1. The molecule has 188 valence electrons. The minimum absolute atomic E-state index is 0.0217. The maximum atomic E-state index is 12.7. The summed E-state index contributed by atoms with van der Waals surface area (Å²) < 4.78 is 28.7. The molecule has 1 aliphatic carbocycles. The maximum absolute atomic E-state index is 12.7. The van der Waals surface area contributed by atoms with Gasteiger partial charge in [-0.15, -0.1) is 0 Å². The van der Waals surface area contributed by atoms with Gasteiger partial charge < -0.3 is 20.5 Å². The molecule has 0 heterocycles. The van der Waals surface area contributed by atoms with Crippen LogP contribution in [0.2, 0.25) is 0 Å². The fraction of sp³-hybridized carbons (Fsp3) is 0.400. The van der Waals surface area contributed by atoms with E-state index in [2.05, 4.69) is 10.6 Å². The van der Waals surface area contributed by atoms with Crippen molar-refractivity contribution < 1.29 is 32.6 Å². The second kappa shape index (κ2) is 11.4. The summed E-state index contributed by atoms with van der Waals surface area (Å²) in [5.41, 5.74) is 4.18. The van der Waals surface area contributed by atoms with Crippen molar-refractivity contribution in [2.75, 3.05) is 18.6 Å². The minimum Gasteiger partial charge on any atom is -0.480 e. The Morgan fingerprint density at radius 3 is 2.03 bits per heavy atom. The normalized spacial score (nSPS) is 14.3. The third-order valence-electron chi connectivity index (χ3n) is 5.92. The number of ether oxygens (including phenoxy) is 1. The molecule has 0 saturated carbocycles. The Morgan fingerprint density at radius 1 is 0.943 bits per heavy atom. The summed E-state index contributed by atoms with van der Waals surface area (Å²) in [5, 5.41) is 14.1. The van der Waals surface area contributed by atoms with Crippen molar-refractivity contribution in [2.24, 2.45) is 0 Å². The molecule has 0 spiro atoms. The van der Waals surface area contributed by atoms with Crippen molar-refractivity contribution in [3.8, 4) is 11.1 Å². The number of carbonyl (C=O) groups is 3. The third-order valence-corrected chi connectivity index (χ3v) is 6.90. The van der Waals surface area contributed by atoms with E-state index in [-0.39, 0.29) is 31.1 Å². The summed E-state index contributed by atoms with van der Waals surface area (Å²) in [7, 11) is -3.42. The van der Waals surface area contributed by atoms with Crippen molar-refractivity contribution in [3.05, 3.63) is 59.7 Å². The number of hydrogen-bond acceptors (Lipinski definition) is 6. The van der Waals surface area contributed by atoms with E-state index >= 15 is 0 Å². The largest absolute Gasteiger partial charge is 0.480 e. The van der Waals surface area contributed by atoms with Crippen molar-refractivity contribution in [1.29, 1.82) is 0 Å². The molecule has 35 heavy (non-hydrogen) atoms. The highest BCUT2D eigenvalue weighted by molar-refractivity contribution is 7.90. The second-order valence-electron chi connectivity index (χ2n) is 8.63. The summed E-state index contributed by atoms with van der Waals surface area (Å²) in [6.45, 7) is 1.80. The number of carboxylic acids is 1. The first-order valence-corrected chi connectivity index (χ1v) is 13.5. The van der Waals surface area contributed by atoms with Crippen LogP contribution < -0.4 is 10.6 Å². The van der Waals surface area contributed by atoms with Gasteiger partial charge in [0.15, 0.2) is 0 Å². The molecule has 0 bridgehead atoms. The van der Waals surface area contributed by atoms with Gasteiger partial charge in [-0.1, -0.05) is 61.9 Å². The summed E-state index contributed by atoms with van der Waals surface area (Å²) in [5.74, 6) is -2.52. The highest BCUT2D eigenvalue weighted by Crippen LogP contribution is 2.44. The van der Waals surface area contributed by atoms with Gasteiger partial charge in [-0.3, -0.25) is 4.79 Å². The van der Waals surface area contributed by atoms with E-state index in [1.807, 2.05) is 48.5 Å². The van der Waals surface area contributed by atoms with E-state index in [0.29, 0.717) is 6.42 Å². The Bertz CT molecular complexity index is 1150. The molecule has 0 fully saturated rings. The monoisotopic (exact) mass is 502 g/mol. The standard InChI is InChI=1S/C25H30N2O7S/c1-3-8-22(24(29)30)26-23(28)21(13-14-35(2,32)33)27-25(31)34-15-20-18-11-6-4-9-16(18)17-10-5-7-12-19(17)20/h4-7,9-12,20-22H,3,8,13-15H2,1-2H3,(H,26,28)(H,27,31)(H,29,30)/t21?,22-/m1/s1. The van der Waals surface area contributed by atoms with E-state index in [1.165, 1.54) is 0 Å². The van der Waals surface area contributed by atoms with Crippen molar-refractivity contribution >= 4 is 27.8 Å². The molecule has 0 aromatic heterocycles. The molecule has 10 heteroatoms. The van der Waals surface area contributed by atoms with Gasteiger partial charge in [-0.05, 0) is 35.1 Å². The predicted molar refractivity (Wildman–Crippen MR) is 131 cm³/mol. The number of carboxylic acid groups (broad SMARTS) is 1. The molecular weight excluding hydrogens is 472 g/mol. The predicted octanol–water partition coefficient (Wildman–Crippen LogP) is 2.70. The van der Waals surface area contributed by atoms with E-state index in [9.17, 15) is 27.9 Å².